The van der Waals surface area contributed by atoms with Gasteiger partial charge in [-0.25, -0.2) is 17.7 Å². The topological polar surface area (TPSA) is 86.7 Å². The van der Waals surface area contributed by atoms with E-state index in [2.05, 4.69) is 20.6 Å². The number of hydrogen-bond acceptors (Lipinski definition) is 6. The van der Waals surface area contributed by atoms with Crippen molar-refractivity contribution in [3.8, 4) is 0 Å². The molecule has 1 aliphatic heterocycles. The number of sulfonamides is 1. The molecule has 0 spiro atoms. The predicted molar refractivity (Wildman–Crippen MR) is 98.0 cm³/mol. The molecular weight excluding hydrogens is 411 g/mol. The molecule has 0 aliphatic carbocycles. The molecule has 2 N–H and O–H groups in total. The zero-order valence-corrected chi connectivity index (χ0v) is 16.5. The van der Waals surface area contributed by atoms with Gasteiger partial charge in [-0.05, 0) is 0 Å². The van der Waals surface area contributed by atoms with Crippen molar-refractivity contribution in [1.29, 1.82) is 0 Å². The molecule has 0 amide bonds. The maximum atomic E-state index is 12.5. The first-order chi connectivity index (χ1) is 12.2. The summed E-state index contributed by atoms with van der Waals surface area (Å²) in [4.78, 5) is 7.44. The van der Waals surface area contributed by atoms with Crippen molar-refractivity contribution in [2.24, 2.45) is 4.99 Å². The maximum Gasteiger partial charge on any atom is 0.434 e. The Morgan fingerprint density at radius 3 is 2.62 bits per heavy atom. The van der Waals surface area contributed by atoms with E-state index in [0.29, 0.717) is 19.0 Å². The van der Waals surface area contributed by atoms with Crippen LogP contribution in [0, 0.1) is 0 Å². The van der Waals surface area contributed by atoms with Gasteiger partial charge in [-0.1, -0.05) is 0 Å². The van der Waals surface area contributed by atoms with E-state index < -0.39 is 21.9 Å². The number of nitrogens with zero attached hydrogens (tertiary/aromatic N) is 3. The van der Waals surface area contributed by atoms with Crippen LogP contribution in [0.4, 0.5) is 13.2 Å². The minimum absolute atomic E-state index is 0.0660. The van der Waals surface area contributed by atoms with E-state index in [1.807, 2.05) is 0 Å². The summed E-state index contributed by atoms with van der Waals surface area (Å²) in [7, 11) is -1.83. The zero-order valence-electron chi connectivity index (χ0n) is 14.0. The first kappa shape index (κ1) is 21.3. The molecule has 0 unspecified atom stereocenters. The third kappa shape index (κ3) is 6.28. The normalized spacial score (nSPS) is 17.3. The van der Waals surface area contributed by atoms with Crippen LogP contribution in [-0.2, 0) is 22.7 Å². The molecule has 1 aliphatic rings. The summed E-state index contributed by atoms with van der Waals surface area (Å²) < 4.78 is 63.5. The van der Waals surface area contributed by atoms with E-state index in [0.717, 1.165) is 28.2 Å². The zero-order chi connectivity index (χ0) is 19.2. The lowest BCUT2D eigenvalue weighted by Crippen LogP contribution is -2.44. The average molecular weight is 432 g/mol. The number of hydrogen-bond donors (Lipinski definition) is 2. The number of alkyl halides is 3. The van der Waals surface area contributed by atoms with Gasteiger partial charge in [0, 0.05) is 43.6 Å². The fourth-order valence-corrected chi connectivity index (χ4v) is 5.39. The highest BCUT2D eigenvalue weighted by atomic mass is 32.2. The quantitative estimate of drug-likeness (QED) is 0.520. The lowest BCUT2D eigenvalue weighted by atomic mass is 10.5. The minimum atomic E-state index is -4.46. The Morgan fingerprint density at radius 1 is 1.35 bits per heavy atom. The molecular formula is C13H20F3N5O2S3. The summed E-state index contributed by atoms with van der Waals surface area (Å²) in [5, 5.41) is 6.90. The lowest BCUT2D eigenvalue weighted by molar-refractivity contribution is -0.140. The van der Waals surface area contributed by atoms with Crippen LogP contribution in [0.15, 0.2) is 10.4 Å². The molecule has 2 rings (SSSR count). The van der Waals surface area contributed by atoms with Crippen molar-refractivity contribution in [1.82, 2.24) is 19.9 Å². The lowest BCUT2D eigenvalue weighted by Gasteiger charge is -2.25. The van der Waals surface area contributed by atoms with Crippen LogP contribution in [0.3, 0.4) is 0 Å². The van der Waals surface area contributed by atoms with Gasteiger partial charge in [-0.3, -0.25) is 4.99 Å². The van der Waals surface area contributed by atoms with Crippen LogP contribution < -0.4 is 10.6 Å². The van der Waals surface area contributed by atoms with Crippen molar-refractivity contribution in [2.75, 3.05) is 43.9 Å². The predicted octanol–water partition coefficient (Wildman–Crippen LogP) is 1.21. The Labute approximate surface area is 158 Å². The van der Waals surface area contributed by atoms with Crippen LogP contribution in [0.2, 0.25) is 0 Å². The van der Waals surface area contributed by atoms with Gasteiger partial charge in [0.25, 0.3) is 0 Å². The van der Waals surface area contributed by atoms with Crippen molar-refractivity contribution < 1.29 is 21.6 Å². The van der Waals surface area contributed by atoms with Crippen LogP contribution in [0.5, 0.6) is 0 Å². The van der Waals surface area contributed by atoms with Gasteiger partial charge in [0.1, 0.15) is 5.01 Å². The van der Waals surface area contributed by atoms with Gasteiger partial charge < -0.3 is 10.6 Å². The fourth-order valence-electron chi connectivity index (χ4n) is 2.15. The van der Waals surface area contributed by atoms with Crippen molar-refractivity contribution in [2.45, 2.75) is 12.7 Å². The Bertz CT molecular complexity index is 715. The van der Waals surface area contributed by atoms with Crippen LogP contribution >= 0.6 is 23.1 Å². The molecule has 2 heterocycles. The van der Waals surface area contributed by atoms with Crippen LogP contribution in [-0.4, -0.2) is 67.6 Å². The highest BCUT2D eigenvalue weighted by Gasteiger charge is 2.33. The van der Waals surface area contributed by atoms with Gasteiger partial charge in [0.15, 0.2) is 11.7 Å². The Morgan fingerprint density at radius 2 is 2.04 bits per heavy atom. The number of thioether (sulfide) groups is 1. The van der Waals surface area contributed by atoms with Crippen LogP contribution in [0.25, 0.3) is 0 Å². The molecule has 1 aromatic rings. The first-order valence-electron chi connectivity index (χ1n) is 7.74. The second-order valence-electron chi connectivity index (χ2n) is 5.30. The molecule has 0 aromatic carbocycles. The smallest absolute Gasteiger partial charge is 0.355 e. The number of halogens is 3. The molecule has 0 saturated carbocycles. The number of rotatable bonds is 6. The van der Waals surface area contributed by atoms with Gasteiger partial charge in [0.2, 0.25) is 10.0 Å². The molecule has 26 heavy (non-hydrogen) atoms. The Hall–Kier alpha value is -1.05. The number of nitrogens with one attached hydrogen (secondary N) is 2. The molecule has 7 nitrogen and oxygen atoms in total. The highest BCUT2D eigenvalue weighted by Crippen LogP contribution is 2.29. The summed E-state index contributed by atoms with van der Waals surface area (Å²) in [6.45, 7) is 1.25. The van der Waals surface area contributed by atoms with Gasteiger partial charge in [-0.15, -0.1) is 11.3 Å². The summed E-state index contributed by atoms with van der Waals surface area (Å²) >= 11 is 2.62. The Kier molecular flexibility index (Phi) is 7.55. The fraction of sp³-hybridized carbons (Fsp3) is 0.692. The largest absolute Gasteiger partial charge is 0.434 e. The first-order valence-corrected chi connectivity index (χ1v) is 11.4. The SMILES string of the molecule is CN=C(NCCS(=O)(=O)N1CCSCC1)NCc1nc(C(F)(F)F)cs1. The standard InChI is InChI=1S/C13H20F3N5O2S3/c1-17-12(19-8-11-20-10(9-25-11)13(14,15)16)18-2-7-26(22,23)21-3-5-24-6-4-21/h9H,2-8H2,1H3,(H2,17,18,19). The molecule has 1 aromatic heterocycles. The highest BCUT2D eigenvalue weighted by molar-refractivity contribution is 7.99. The average Bonchev–Trinajstić information content (AvgIpc) is 3.08. The second-order valence-corrected chi connectivity index (χ2v) is 9.56. The van der Waals surface area contributed by atoms with Crippen molar-refractivity contribution >= 4 is 39.1 Å². The third-order valence-corrected chi connectivity index (χ3v) is 7.15. The monoisotopic (exact) mass is 431 g/mol. The van der Waals surface area contributed by atoms with Gasteiger partial charge in [-0.2, -0.15) is 24.9 Å². The van der Waals surface area contributed by atoms with E-state index in [9.17, 15) is 21.6 Å². The summed E-state index contributed by atoms with van der Waals surface area (Å²) in [6.07, 6.45) is -4.46. The molecule has 1 saturated heterocycles. The number of aromatic nitrogens is 1. The van der Waals surface area contributed by atoms with Crippen molar-refractivity contribution in [3.05, 3.63) is 16.1 Å². The van der Waals surface area contributed by atoms with E-state index in [-0.39, 0.29) is 23.8 Å². The molecule has 0 radical (unpaired) electrons. The maximum absolute atomic E-state index is 12.5. The van der Waals surface area contributed by atoms with E-state index in [1.165, 1.54) is 11.4 Å². The molecule has 13 heteroatoms. The Balaban J connectivity index is 1.78. The van der Waals surface area contributed by atoms with Gasteiger partial charge in [0.05, 0.1) is 12.3 Å². The summed E-state index contributed by atoms with van der Waals surface area (Å²) in [6, 6.07) is 0. The van der Waals surface area contributed by atoms with Crippen LogP contribution in [0.1, 0.15) is 10.7 Å². The van der Waals surface area contributed by atoms with E-state index in [1.54, 1.807) is 11.8 Å². The van der Waals surface area contributed by atoms with Crippen molar-refractivity contribution in [3.63, 3.8) is 0 Å². The number of thiazole rings is 1. The third-order valence-electron chi connectivity index (χ3n) is 3.49. The summed E-state index contributed by atoms with van der Waals surface area (Å²) in [5.74, 6) is 1.82. The number of guanidine groups is 1. The summed E-state index contributed by atoms with van der Waals surface area (Å²) in [5.41, 5.74) is -0.923. The molecule has 0 atom stereocenters. The van der Waals surface area contributed by atoms with E-state index >= 15 is 0 Å². The second kappa shape index (κ2) is 9.24. The molecule has 148 valence electrons. The number of aliphatic imine (C=N–C) groups is 1. The van der Waals surface area contributed by atoms with E-state index in [4.69, 9.17) is 0 Å². The van der Waals surface area contributed by atoms with Gasteiger partial charge >= 0.3 is 6.18 Å². The molecule has 0 bridgehead atoms. The molecule has 1 fully saturated rings. The minimum Gasteiger partial charge on any atom is -0.355 e.